The van der Waals surface area contributed by atoms with E-state index in [2.05, 4.69) is 53.5 Å². The SMILES string of the molecule is Cn1cc(C2=CCN(C(=O)C(Cc3ccsc3)NC=O)CC2)c2ccccc21. The predicted molar refractivity (Wildman–Crippen MR) is 113 cm³/mol. The van der Waals surface area contributed by atoms with Gasteiger partial charge < -0.3 is 14.8 Å². The van der Waals surface area contributed by atoms with E-state index in [0.717, 1.165) is 12.0 Å². The number of nitrogens with zero attached hydrogens (tertiary/aromatic N) is 2. The molecule has 0 radical (unpaired) electrons. The zero-order valence-electron chi connectivity index (χ0n) is 15.8. The second-order valence-electron chi connectivity index (χ2n) is 7.11. The largest absolute Gasteiger partial charge is 0.350 e. The number of nitrogens with one attached hydrogen (secondary N) is 1. The summed E-state index contributed by atoms with van der Waals surface area (Å²) in [7, 11) is 2.06. The molecule has 0 saturated carbocycles. The maximum Gasteiger partial charge on any atom is 0.245 e. The van der Waals surface area contributed by atoms with Crippen LogP contribution in [0.4, 0.5) is 0 Å². The number of carbonyl (C=O) groups excluding carboxylic acids is 2. The molecule has 5 nitrogen and oxygen atoms in total. The normalized spacial score (nSPS) is 15.3. The van der Waals surface area contributed by atoms with Crippen LogP contribution in [0, 0.1) is 0 Å². The van der Waals surface area contributed by atoms with Gasteiger partial charge in [0, 0.05) is 49.2 Å². The first-order valence-electron chi connectivity index (χ1n) is 9.40. The van der Waals surface area contributed by atoms with Crippen LogP contribution in [0.2, 0.25) is 0 Å². The first-order valence-corrected chi connectivity index (χ1v) is 10.3. The third-order valence-electron chi connectivity index (χ3n) is 5.35. The molecule has 28 heavy (non-hydrogen) atoms. The summed E-state index contributed by atoms with van der Waals surface area (Å²) in [5.41, 5.74) is 4.80. The molecule has 3 heterocycles. The molecule has 0 aliphatic carbocycles. The molecule has 6 heteroatoms. The molecule has 0 fully saturated rings. The molecule has 1 unspecified atom stereocenters. The van der Waals surface area contributed by atoms with Crippen molar-refractivity contribution in [3.63, 3.8) is 0 Å². The smallest absolute Gasteiger partial charge is 0.245 e. The van der Waals surface area contributed by atoms with Gasteiger partial charge in [0.15, 0.2) is 0 Å². The lowest BCUT2D eigenvalue weighted by Crippen LogP contribution is -2.48. The number of hydrogen-bond donors (Lipinski definition) is 1. The first kappa shape index (κ1) is 18.5. The number of aromatic nitrogens is 1. The van der Waals surface area contributed by atoms with Crippen molar-refractivity contribution in [3.05, 3.63) is 64.5 Å². The first-order chi connectivity index (χ1) is 13.7. The Hall–Kier alpha value is -2.86. The topological polar surface area (TPSA) is 54.3 Å². The van der Waals surface area contributed by atoms with Gasteiger partial charge in [0.05, 0.1) is 0 Å². The molecule has 4 rings (SSSR count). The van der Waals surface area contributed by atoms with E-state index in [1.807, 2.05) is 21.7 Å². The Kier molecular flexibility index (Phi) is 5.30. The number of amides is 2. The fourth-order valence-corrected chi connectivity index (χ4v) is 4.56. The number of rotatable bonds is 6. The molecule has 0 spiro atoms. The Morgan fingerprint density at radius 1 is 1.32 bits per heavy atom. The molecular formula is C22H23N3O2S. The van der Waals surface area contributed by atoms with Gasteiger partial charge in [-0.25, -0.2) is 0 Å². The quantitative estimate of drug-likeness (QED) is 0.654. The minimum Gasteiger partial charge on any atom is -0.350 e. The summed E-state index contributed by atoms with van der Waals surface area (Å²) in [6.45, 7) is 1.23. The summed E-state index contributed by atoms with van der Waals surface area (Å²) in [5, 5.41) is 7.94. The van der Waals surface area contributed by atoms with Crippen molar-refractivity contribution in [2.75, 3.05) is 13.1 Å². The van der Waals surface area contributed by atoms with Crippen molar-refractivity contribution in [1.82, 2.24) is 14.8 Å². The summed E-state index contributed by atoms with van der Waals surface area (Å²) >= 11 is 1.60. The van der Waals surface area contributed by atoms with Gasteiger partial charge in [-0.1, -0.05) is 24.3 Å². The fraction of sp³-hybridized carbons (Fsp3) is 0.273. The molecule has 2 aromatic heterocycles. The monoisotopic (exact) mass is 393 g/mol. The molecule has 3 aromatic rings. The number of fused-ring (bicyclic) bond motifs is 1. The third kappa shape index (κ3) is 3.60. The average Bonchev–Trinajstić information content (AvgIpc) is 3.36. The minimum atomic E-state index is -0.514. The molecule has 1 N–H and O–H groups in total. The summed E-state index contributed by atoms with van der Waals surface area (Å²) in [5.74, 6) is -0.0217. The third-order valence-corrected chi connectivity index (χ3v) is 6.08. The van der Waals surface area contributed by atoms with Crippen LogP contribution in [-0.4, -0.2) is 40.9 Å². The van der Waals surface area contributed by atoms with Gasteiger partial charge in [-0.15, -0.1) is 0 Å². The number of carbonyl (C=O) groups is 2. The molecule has 0 saturated heterocycles. The zero-order chi connectivity index (χ0) is 19.5. The van der Waals surface area contributed by atoms with E-state index in [4.69, 9.17) is 0 Å². The van der Waals surface area contributed by atoms with Gasteiger partial charge in [-0.05, 0) is 40.5 Å². The maximum atomic E-state index is 12.9. The Labute approximate surface area is 168 Å². The number of benzene rings is 1. The van der Waals surface area contributed by atoms with E-state index in [1.54, 1.807) is 11.3 Å². The van der Waals surface area contributed by atoms with E-state index in [9.17, 15) is 9.59 Å². The van der Waals surface area contributed by atoms with Crippen molar-refractivity contribution in [3.8, 4) is 0 Å². The van der Waals surface area contributed by atoms with Crippen LogP contribution < -0.4 is 5.32 Å². The second-order valence-corrected chi connectivity index (χ2v) is 7.89. The number of para-hydroxylation sites is 1. The number of hydrogen-bond acceptors (Lipinski definition) is 3. The number of thiophene rings is 1. The minimum absolute atomic E-state index is 0.0217. The highest BCUT2D eigenvalue weighted by Crippen LogP contribution is 2.30. The Morgan fingerprint density at radius 2 is 2.18 bits per heavy atom. The van der Waals surface area contributed by atoms with E-state index in [1.165, 1.54) is 22.0 Å². The maximum absolute atomic E-state index is 12.9. The molecule has 1 aliphatic heterocycles. The van der Waals surface area contributed by atoms with Crippen molar-refractivity contribution < 1.29 is 9.59 Å². The van der Waals surface area contributed by atoms with Gasteiger partial charge in [0.25, 0.3) is 0 Å². The molecule has 144 valence electrons. The molecular weight excluding hydrogens is 370 g/mol. The Bertz CT molecular complexity index is 1020. The van der Waals surface area contributed by atoms with E-state index in [0.29, 0.717) is 25.9 Å². The van der Waals surface area contributed by atoms with Crippen LogP contribution in [-0.2, 0) is 23.1 Å². The highest BCUT2D eigenvalue weighted by molar-refractivity contribution is 7.07. The van der Waals surface area contributed by atoms with Gasteiger partial charge >= 0.3 is 0 Å². The van der Waals surface area contributed by atoms with Crippen molar-refractivity contribution >= 4 is 40.1 Å². The lowest BCUT2D eigenvalue weighted by atomic mass is 9.98. The fourth-order valence-electron chi connectivity index (χ4n) is 3.88. The van der Waals surface area contributed by atoms with Crippen LogP contribution in [0.1, 0.15) is 17.5 Å². The second kappa shape index (κ2) is 8.02. The molecule has 2 amide bonds. The van der Waals surface area contributed by atoms with Gasteiger partial charge in [0.2, 0.25) is 12.3 Å². The van der Waals surface area contributed by atoms with Gasteiger partial charge in [-0.2, -0.15) is 11.3 Å². The highest BCUT2D eigenvalue weighted by atomic mass is 32.1. The zero-order valence-corrected chi connectivity index (χ0v) is 16.6. The molecule has 1 aromatic carbocycles. The van der Waals surface area contributed by atoms with E-state index in [-0.39, 0.29) is 5.91 Å². The van der Waals surface area contributed by atoms with Crippen LogP contribution in [0.15, 0.2) is 53.4 Å². The van der Waals surface area contributed by atoms with Crippen molar-refractivity contribution in [2.24, 2.45) is 7.05 Å². The molecule has 1 aliphatic rings. The lowest BCUT2D eigenvalue weighted by Gasteiger charge is -2.30. The lowest BCUT2D eigenvalue weighted by molar-refractivity contribution is -0.134. The summed E-state index contributed by atoms with van der Waals surface area (Å²) in [4.78, 5) is 25.8. The van der Waals surface area contributed by atoms with Crippen molar-refractivity contribution in [1.29, 1.82) is 0 Å². The standard InChI is InChI=1S/C22H23N3O2S/c1-24-13-19(18-4-2-3-5-21(18)24)17-6-9-25(10-7-17)22(27)20(23-15-26)12-16-8-11-28-14-16/h2-6,8,11,13-15,20H,7,9-10,12H2,1H3,(H,23,26). The summed E-state index contributed by atoms with van der Waals surface area (Å²) in [6, 6.07) is 9.86. The average molecular weight is 394 g/mol. The van der Waals surface area contributed by atoms with E-state index >= 15 is 0 Å². The van der Waals surface area contributed by atoms with Crippen LogP contribution in [0.3, 0.4) is 0 Å². The van der Waals surface area contributed by atoms with Gasteiger partial charge in [0.1, 0.15) is 6.04 Å². The van der Waals surface area contributed by atoms with Crippen LogP contribution >= 0.6 is 11.3 Å². The van der Waals surface area contributed by atoms with Crippen molar-refractivity contribution in [2.45, 2.75) is 18.9 Å². The predicted octanol–water partition coefficient (Wildman–Crippen LogP) is 3.21. The van der Waals surface area contributed by atoms with Crippen LogP contribution in [0.5, 0.6) is 0 Å². The molecule has 0 bridgehead atoms. The summed E-state index contributed by atoms with van der Waals surface area (Å²) in [6.07, 6.45) is 6.27. The number of aryl methyl sites for hydroxylation is 1. The van der Waals surface area contributed by atoms with E-state index < -0.39 is 6.04 Å². The van der Waals surface area contributed by atoms with Gasteiger partial charge in [-0.3, -0.25) is 9.59 Å². The summed E-state index contributed by atoms with van der Waals surface area (Å²) < 4.78 is 2.15. The highest BCUT2D eigenvalue weighted by Gasteiger charge is 2.26. The Balaban J connectivity index is 1.50. The Morgan fingerprint density at radius 3 is 2.89 bits per heavy atom. The van der Waals surface area contributed by atoms with Crippen LogP contribution in [0.25, 0.3) is 16.5 Å². The molecule has 1 atom stereocenters.